The Bertz CT molecular complexity index is 238. The Kier molecular flexibility index (Phi) is 10.7. The van der Waals surface area contributed by atoms with Crippen LogP contribution in [0.5, 0.6) is 0 Å². The van der Waals surface area contributed by atoms with Crippen LogP contribution in [0.3, 0.4) is 0 Å². The summed E-state index contributed by atoms with van der Waals surface area (Å²) < 4.78 is 0. The number of rotatable bonds is 2. The van der Waals surface area contributed by atoms with Crippen LogP contribution in [0.2, 0.25) is 0 Å². The summed E-state index contributed by atoms with van der Waals surface area (Å²) in [5.41, 5.74) is 1.01. The zero-order valence-corrected chi connectivity index (χ0v) is 11.2. The molecule has 68 valence electrons. The van der Waals surface area contributed by atoms with E-state index in [9.17, 15) is 4.79 Å². The van der Waals surface area contributed by atoms with E-state index in [-0.39, 0.29) is 29.6 Å². The second-order valence-electron chi connectivity index (χ2n) is 2.38. The molecular formula is C8H12NNaO2S. The number of carbonyl (C=O) groups is 1. The van der Waals surface area contributed by atoms with Gasteiger partial charge in [0.25, 0.3) is 0 Å². The van der Waals surface area contributed by atoms with Gasteiger partial charge in [-0.1, -0.05) is 13.8 Å². The predicted molar refractivity (Wildman–Crippen MR) is 47.5 cm³/mol. The third-order valence-corrected chi connectivity index (χ3v) is 2.02. The van der Waals surface area contributed by atoms with Crippen molar-refractivity contribution in [3.8, 4) is 0 Å². The van der Waals surface area contributed by atoms with Gasteiger partial charge in [0.2, 0.25) is 0 Å². The molecule has 0 spiro atoms. The Morgan fingerprint density at radius 3 is 2.31 bits per heavy atom. The van der Waals surface area contributed by atoms with Gasteiger partial charge < -0.3 is 5.11 Å². The average Bonchev–Trinajstić information content (AvgIpc) is 2.55. The molecule has 0 aliphatic heterocycles. The fourth-order valence-corrected chi connectivity index (χ4v) is 1.40. The summed E-state index contributed by atoms with van der Waals surface area (Å²) in [6, 6.07) is 0. The maximum atomic E-state index is 10.2. The molecule has 5 heteroatoms. The smallest absolute Gasteiger partial charge is 0.857 e. The standard InChI is InChI=1S/C7H9NOS.CH3O.Na/c1-5(2)6-4-10-7(3-9)8-6;1-2;/h3-5H,1-2H3;1H3;/q;-1;+1. The van der Waals surface area contributed by atoms with Crippen molar-refractivity contribution in [3.63, 3.8) is 0 Å². The monoisotopic (exact) mass is 209 g/mol. The van der Waals surface area contributed by atoms with Gasteiger partial charge in [-0.05, 0) is 5.92 Å². The van der Waals surface area contributed by atoms with E-state index in [0.29, 0.717) is 10.9 Å². The van der Waals surface area contributed by atoms with Crippen molar-refractivity contribution in [3.05, 3.63) is 16.1 Å². The summed E-state index contributed by atoms with van der Waals surface area (Å²) in [4.78, 5) is 14.3. The average molecular weight is 209 g/mol. The number of nitrogens with zero attached hydrogens (tertiary/aromatic N) is 1. The molecule has 0 radical (unpaired) electrons. The molecule has 1 aromatic rings. The molecule has 0 N–H and O–H groups in total. The molecular weight excluding hydrogens is 197 g/mol. The second kappa shape index (κ2) is 8.84. The molecule has 0 atom stereocenters. The first kappa shape index (κ1) is 15.7. The molecule has 0 aromatic carbocycles. The molecule has 0 aliphatic carbocycles. The Morgan fingerprint density at radius 2 is 2.08 bits per heavy atom. The first-order chi connectivity index (χ1) is 5.74. The van der Waals surface area contributed by atoms with E-state index in [2.05, 4.69) is 18.8 Å². The Labute approximate surface area is 104 Å². The van der Waals surface area contributed by atoms with Crippen LogP contribution in [0.15, 0.2) is 5.38 Å². The molecule has 1 aromatic heterocycles. The fraction of sp³-hybridized carbons (Fsp3) is 0.500. The fourth-order valence-electron chi connectivity index (χ4n) is 0.620. The number of aldehydes is 1. The zero-order chi connectivity index (χ0) is 9.56. The van der Waals surface area contributed by atoms with Gasteiger partial charge in [0.05, 0.1) is 5.69 Å². The van der Waals surface area contributed by atoms with Crippen LogP contribution < -0.4 is 34.7 Å². The van der Waals surface area contributed by atoms with Gasteiger partial charge in [0.1, 0.15) is 0 Å². The summed E-state index contributed by atoms with van der Waals surface area (Å²) in [5.74, 6) is 0.421. The molecule has 0 aliphatic rings. The zero-order valence-electron chi connectivity index (χ0n) is 8.40. The van der Waals surface area contributed by atoms with E-state index in [0.717, 1.165) is 19.1 Å². The van der Waals surface area contributed by atoms with Gasteiger partial charge in [-0.25, -0.2) is 4.98 Å². The Balaban J connectivity index is 0. The van der Waals surface area contributed by atoms with Gasteiger partial charge in [-0.2, -0.15) is 7.11 Å². The van der Waals surface area contributed by atoms with Crippen molar-refractivity contribution in [2.45, 2.75) is 19.8 Å². The van der Waals surface area contributed by atoms with Crippen molar-refractivity contribution >= 4 is 17.6 Å². The summed E-state index contributed by atoms with van der Waals surface area (Å²) >= 11 is 1.40. The molecule has 1 rings (SSSR count). The van der Waals surface area contributed by atoms with E-state index in [1.165, 1.54) is 11.3 Å². The van der Waals surface area contributed by atoms with E-state index < -0.39 is 0 Å². The van der Waals surface area contributed by atoms with Gasteiger partial charge in [0, 0.05) is 5.38 Å². The number of carbonyl (C=O) groups excluding carboxylic acids is 1. The van der Waals surface area contributed by atoms with Crippen molar-refractivity contribution in [2.24, 2.45) is 0 Å². The third kappa shape index (κ3) is 5.54. The minimum atomic E-state index is 0. The summed E-state index contributed by atoms with van der Waals surface area (Å²) in [5, 5.41) is 10.7. The number of aromatic nitrogens is 1. The van der Waals surface area contributed by atoms with Crippen LogP contribution in [-0.4, -0.2) is 18.4 Å². The van der Waals surface area contributed by atoms with Gasteiger partial charge in [-0.15, -0.1) is 11.3 Å². The number of hydrogen-bond donors (Lipinski definition) is 0. The summed E-state index contributed by atoms with van der Waals surface area (Å²) in [6.07, 6.45) is 0.788. The van der Waals surface area contributed by atoms with Crippen LogP contribution in [-0.2, 0) is 0 Å². The summed E-state index contributed by atoms with van der Waals surface area (Å²) in [7, 11) is 0.750. The second-order valence-corrected chi connectivity index (χ2v) is 3.27. The van der Waals surface area contributed by atoms with Crippen molar-refractivity contribution < 1.29 is 39.5 Å². The quantitative estimate of drug-likeness (QED) is 0.420. The third-order valence-electron chi connectivity index (χ3n) is 1.23. The summed E-state index contributed by atoms with van der Waals surface area (Å²) in [6.45, 7) is 4.12. The number of hydrogen-bond acceptors (Lipinski definition) is 4. The van der Waals surface area contributed by atoms with Crippen molar-refractivity contribution in [1.82, 2.24) is 4.98 Å². The molecule has 0 saturated heterocycles. The van der Waals surface area contributed by atoms with Gasteiger partial charge >= 0.3 is 29.6 Å². The van der Waals surface area contributed by atoms with E-state index >= 15 is 0 Å². The normalized spacial score (nSPS) is 8.38. The first-order valence-corrected chi connectivity index (χ1v) is 4.43. The first-order valence-electron chi connectivity index (χ1n) is 3.55. The number of thiazole rings is 1. The molecule has 0 saturated carbocycles. The van der Waals surface area contributed by atoms with Gasteiger partial charge in [0.15, 0.2) is 11.3 Å². The maximum Gasteiger partial charge on any atom is 1.00 e. The Morgan fingerprint density at radius 1 is 1.54 bits per heavy atom. The van der Waals surface area contributed by atoms with Crippen molar-refractivity contribution in [1.29, 1.82) is 0 Å². The molecule has 13 heavy (non-hydrogen) atoms. The maximum absolute atomic E-state index is 10.2. The van der Waals surface area contributed by atoms with E-state index in [4.69, 9.17) is 5.11 Å². The molecule has 0 bridgehead atoms. The molecule has 0 unspecified atom stereocenters. The Hall–Kier alpha value is 0.260. The molecule has 1 heterocycles. The minimum absolute atomic E-state index is 0. The largest absolute Gasteiger partial charge is 1.00 e. The van der Waals surface area contributed by atoms with Crippen LogP contribution in [0.1, 0.15) is 35.3 Å². The van der Waals surface area contributed by atoms with Crippen LogP contribution >= 0.6 is 11.3 Å². The van der Waals surface area contributed by atoms with Crippen LogP contribution in [0.4, 0.5) is 0 Å². The molecule has 3 nitrogen and oxygen atoms in total. The predicted octanol–water partition coefficient (Wildman–Crippen LogP) is -1.94. The molecule has 0 amide bonds. The van der Waals surface area contributed by atoms with Crippen molar-refractivity contribution in [2.75, 3.05) is 7.11 Å². The van der Waals surface area contributed by atoms with Gasteiger partial charge in [-0.3, -0.25) is 4.79 Å². The van der Waals surface area contributed by atoms with Crippen LogP contribution in [0, 0.1) is 0 Å². The SMILES string of the molecule is CC(C)c1csc(C=O)n1.C[O-].[Na+]. The van der Waals surface area contributed by atoms with Crippen LogP contribution in [0.25, 0.3) is 0 Å². The van der Waals surface area contributed by atoms with E-state index in [1.54, 1.807) is 0 Å². The topological polar surface area (TPSA) is 53.0 Å². The minimum Gasteiger partial charge on any atom is -0.857 e. The van der Waals surface area contributed by atoms with E-state index in [1.807, 2.05) is 5.38 Å². The molecule has 0 fully saturated rings.